The quantitative estimate of drug-likeness (QED) is 0.897. The molecule has 0 amide bonds. The van der Waals surface area contributed by atoms with Gasteiger partial charge in [-0.15, -0.1) is 0 Å². The topological polar surface area (TPSA) is 73.2 Å². The summed E-state index contributed by atoms with van der Waals surface area (Å²) in [5.41, 5.74) is 8.11. The number of nitrogen functional groups attached to an aromatic ring is 1. The van der Waals surface area contributed by atoms with E-state index in [1.165, 1.54) is 0 Å². The summed E-state index contributed by atoms with van der Waals surface area (Å²) in [5.74, 6) is 1.69. The average Bonchev–Trinajstić information content (AvgIpc) is 2.78. The van der Waals surface area contributed by atoms with Gasteiger partial charge in [0.25, 0.3) is 0 Å². The highest BCUT2D eigenvalue weighted by molar-refractivity contribution is 6.33. The summed E-state index contributed by atoms with van der Waals surface area (Å²) in [4.78, 5) is 0. The summed E-state index contributed by atoms with van der Waals surface area (Å²) >= 11 is 6.28. The molecule has 0 aliphatic heterocycles. The van der Waals surface area contributed by atoms with Crippen LogP contribution in [-0.4, -0.2) is 24.4 Å². The fourth-order valence-electron chi connectivity index (χ4n) is 1.82. The second-order valence-electron chi connectivity index (χ2n) is 3.80. The second kappa shape index (κ2) is 4.78. The summed E-state index contributed by atoms with van der Waals surface area (Å²) in [5, 5.41) is 7.08. The van der Waals surface area contributed by atoms with Crippen LogP contribution >= 0.6 is 11.6 Å². The molecular weight excluding hydrogens is 254 g/mol. The van der Waals surface area contributed by atoms with E-state index in [0.29, 0.717) is 22.3 Å². The third-order valence-corrected chi connectivity index (χ3v) is 3.26. The molecule has 0 radical (unpaired) electrons. The molecular formula is C12H14ClN3O2. The number of rotatable bonds is 3. The Kier molecular flexibility index (Phi) is 3.34. The Balaban J connectivity index is 2.74. The molecule has 3 N–H and O–H groups in total. The molecule has 5 nitrogen and oxygen atoms in total. The minimum Gasteiger partial charge on any atom is -0.496 e. The summed E-state index contributed by atoms with van der Waals surface area (Å²) in [6, 6.07) is 1.83. The van der Waals surface area contributed by atoms with E-state index >= 15 is 0 Å². The number of nitrogens with zero attached hydrogens (tertiary/aromatic N) is 1. The van der Waals surface area contributed by atoms with Crippen LogP contribution < -0.4 is 15.2 Å². The highest BCUT2D eigenvalue weighted by atomic mass is 35.5. The van der Waals surface area contributed by atoms with E-state index in [0.717, 1.165) is 16.7 Å². The first-order valence-electron chi connectivity index (χ1n) is 5.30. The number of hydrogen-bond donors (Lipinski definition) is 2. The monoisotopic (exact) mass is 267 g/mol. The first kappa shape index (κ1) is 12.6. The first-order chi connectivity index (χ1) is 8.60. The van der Waals surface area contributed by atoms with Crippen molar-refractivity contribution in [2.75, 3.05) is 20.0 Å². The van der Waals surface area contributed by atoms with E-state index < -0.39 is 0 Å². The maximum absolute atomic E-state index is 6.28. The smallest absolute Gasteiger partial charge is 0.146 e. The van der Waals surface area contributed by atoms with Crippen LogP contribution in [0.4, 0.5) is 5.82 Å². The highest BCUT2D eigenvalue weighted by Crippen LogP contribution is 2.43. The van der Waals surface area contributed by atoms with Gasteiger partial charge in [0.15, 0.2) is 0 Å². The lowest BCUT2D eigenvalue weighted by Crippen LogP contribution is -1.96. The number of aromatic amines is 1. The Morgan fingerprint density at radius 3 is 2.50 bits per heavy atom. The van der Waals surface area contributed by atoms with E-state index in [1.54, 1.807) is 20.4 Å². The van der Waals surface area contributed by atoms with E-state index in [4.69, 9.17) is 26.8 Å². The number of benzene rings is 1. The molecule has 0 saturated carbocycles. The number of anilines is 1. The van der Waals surface area contributed by atoms with Gasteiger partial charge < -0.3 is 15.2 Å². The van der Waals surface area contributed by atoms with E-state index in [1.807, 2.05) is 13.0 Å². The van der Waals surface area contributed by atoms with Crippen LogP contribution in [0.25, 0.3) is 11.1 Å². The fourth-order valence-corrected chi connectivity index (χ4v) is 2.10. The zero-order valence-corrected chi connectivity index (χ0v) is 11.1. The minimum absolute atomic E-state index is 0.454. The van der Waals surface area contributed by atoms with Gasteiger partial charge in [0, 0.05) is 16.7 Å². The van der Waals surface area contributed by atoms with Gasteiger partial charge in [-0.05, 0) is 13.0 Å². The molecule has 0 unspecified atom stereocenters. The van der Waals surface area contributed by atoms with E-state index in [9.17, 15) is 0 Å². The van der Waals surface area contributed by atoms with Gasteiger partial charge in [-0.2, -0.15) is 5.10 Å². The zero-order chi connectivity index (χ0) is 13.3. The van der Waals surface area contributed by atoms with Crippen molar-refractivity contribution >= 4 is 17.4 Å². The van der Waals surface area contributed by atoms with Crippen molar-refractivity contribution in [3.8, 4) is 22.6 Å². The molecule has 1 aromatic heterocycles. The molecule has 2 rings (SSSR count). The second-order valence-corrected chi connectivity index (χ2v) is 4.17. The largest absolute Gasteiger partial charge is 0.496 e. The Hall–Kier alpha value is -1.88. The molecule has 0 aliphatic carbocycles. The van der Waals surface area contributed by atoms with Crippen molar-refractivity contribution in [3.63, 3.8) is 0 Å². The summed E-state index contributed by atoms with van der Waals surface area (Å²) < 4.78 is 10.6. The molecule has 18 heavy (non-hydrogen) atoms. The Morgan fingerprint density at radius 2 is 2.00 bits per heavy atom. The fraction of sp³-hybridized carbons (Fsp3) is 0.250. The third-order valence-electron chi connectivity index (χ3n) is 2.80. The third kappa shape index (κ3) is 1.86. The Labute approximate surface area is 110 Å². The molecule has 0 fully saturated rings. The standard InChI is InChI=1S/C12H14ClN3O2/c1-6-9(17-2)4-7(11(18-3)10(6)13)8-5-15-16-12(8)14/h4-5H,1-3H3,(H3,14,15,16). The van der Waals surface area contributed by atoms with Gasteiger partial charge in [-0.3, -0.25) is 5.10 Å². The Morgan fingerprint density at radius 1 is 1.28 bits per heavy atom. The summed E-state index contributed by atoms with van der Waals surface area (Å²) in [7, 11) is 3.15. The van der Waals surface area contributed by atoms with Crippen molar-refractivity contribution in [2.45, 2.75) is 6.92 Å². The first-order valence-corrected chi connectivity index (χ1v) is 5.68. The van der Waals surface area contributed by atoms with E-state index in [2.05, 4.69) is 10.2 Å². The van der Waals surface area contributed by atoms with Gasteiger partial charge in [-0.1, -0.05) is 11.6 Å². The van der Waals surface area contributed by atoms with Gasteiger partial charge in [0.05, 0.1) is 25.4 Å². The van der Waals surface area contributed by atoms with Crippen molar-refractivity contribution in [2.24, 2.45) is 0 Å². The molecule has 96 valence electrons. The zero-order valence-electron chi connectivity index (χ0n) is 10.4. The average molecular weight is 268 g/mol. The SMILES string of the molecule is COc1cc(-c2cn[nH]c2N)c(OC)c(Cl)c1C. The molecule has 1 heterocycles. The van der Waals surface area contributed by atoms with Crippen LogP contribution in [0.1, 0.15) is 5.56 Å². The van der Waals surface area contributed by atoms with Crippen molar-refractivity contribution in [1.82, 2.24) is 10.2 Å². The van der Waals surface area contributed by atoms with Gasteiger partial charge in [-0.25, -0.2) is 0 Å². The number of nitrogens with two attached hydrogens (primary N) is 1. The maximum Gasteiger partial charge on any atom is 0.146 e. The normalized spacial score (nSPS) is 10.4. The molecule has 0 atom stereocenters. The molecule has 6 heteroatoms. The summed E-state index contributed by atoms with van der Waals surface area (Å²) in [6.07, 6.45) is 1.62. The van der Waals surface area contributed by atoms with Gasteiger partial charge >= 0.3 is 0 Å². The molecule has 0 saturated heterocycles. The van der Waals surface area contributed by atoms with Crippen LogP contribution in [0.3, 0.4) is 0 Å². The summed E-state index contributed by atoms with van der Waals surface area (Å²) in [6.45, 7) is 1.87. The molecule has 2 aromatic rings. The molecule has 0 bridgehead atoms. The molecule has 0 spiro atoms. The number of nitrogens with one attached hydrogen (secondary N) is 1. The molecule has 1 aromatic carbocycles. The number of aromatic nitrogens is 2. The van der Waals surface area contributed by atoms with Crippen LogP contribution in [0.15, 0.2) is 12.3 Å². The van der Waals surface area contributed by atoms with Crippen molar-refractivity contribution < 1.29 is 9.47 Å². The number of methoxy groups -OCH3 is 2. The number of hydrogen-bond acceptors (Lipinski definition) is 4. The Bertz CT molecular complexity index is 581. The number of halogens is 1. The predicted octanol–water partition coefficient (Wildman–Crippen LogP) is 2.64. The van der Waals surface area contributed by atoms with Gasteiger partial charge in [0.1, 0.15) is 17.3 Å². The number of H-pyrrole nitrogens is 1. The molecule has 0 aliphatic rings. The predicted molar refractivity (Wildman–Crippen MR) is 71.3 cm³/mol. The lowest BCUT2D eigenvalue weighted by molar-refractivity contribution is 0.402. The lowest BCUT2D eigenvalue weighted by Gasteiger charge is -2.15. The van der Waals surface area contributed by atoms with E-state index in [-0.39, 0.29) is 0 Å². The van der Waals surface area contributed by atoms with Crippen LogP contribution in [0, 0.1) is 6.92 Å². The lowest BCUT2D eigenvalue weighted by atomic mass is 10.0. The van der Waals surface area contributed by atoms with Crippen molar-refractivity contribution in [1.29, 1.82) is 0 Å². The minimum atomic E-state index is 0.454. The van der Waals surface area contributed by atoms with Gasteiger partial charge in [0.2, 0.25) is 0 Å². The van der Waals surface area contributed by atoms with Crippen molar-refractivity contribution in [3.05, 3.63) is 22.8 Å². The van der Waals surface area contributed by atoms with Crippen LogP contribution in [0.5, 0.6) is 11.5 Å². The maximum atomic E-state index is 6.28. The highest BCUT2D eigenvalue weighted by Gasteiger charge is 2.18. The number of ether oxygens (including phenoxy) is 2. The van der Waals surface area contributed by atoms with Crippen LogP contribution in [0.2, 0.25) is 5.02 Å². The van der Waals surface area contributed by atoms with Crippen LogP contribution in [-0.2, 0) is 0 Å².